The molecule has 0 aliphatic carbocycles. The molecule has 13 heavy (non-hydrogen) atoms. The summed E-state index contributed by atoms with van der Waals surface area (Å²) < 4.78 is 37.7. The Morgan fingerprint density at radius 2 is 2.23 bits per heavy atom. The molecule has 0 atom stereocenters. The van der Waals surface area contributed by atoms with E-state index < -0.39 is 12.5 Å². The largest absolute Gasteiger partial charge is 0.576 e. The number of rotatable bonds is 0. The van der Waals surface area contributed by atoms with Gasteiger partial charge in [0.1, 0.15) is 6.67 Å². The maximum absolute atomic E-state index is 11.5. The molecule has 0 spiro atoms. The lowest BCUT2D eigenvalue weighted by atomic mass is 10.5. The molecular formula is C6H5F3N2O2. The molecule has 0 N–H and O–H groups in total. The number of carbonyl (C=O) groups is 1. The smallest absolute Gasteiger partial charge is 0.356 e. The second kappa shape index (κ2) is 3.46. The first kappa shape index (κ1) is 9.56. The summed E-state index contributed by atoms with van der Waals surface area (Å²) in [4.78, 5) is 14.9. The summed E-state index contributed by atoms with van der Waals surface area (Å²) in [5.74, 6) is 0. The van der Waals surface area contributed by atoms with Gasteiger partial charge in [-0.2, -0.15) is 0 Å². The molecule has 0 aromatic rings. The molecule has 1 aliphatic rings. The molecule has 0 saturated heterocycles. The third-order valence-corrected chi connectivity index (χ3v) is 1.13. The fourth-order valence-corrected chi connectivity index (χ4v) is 0.662. The Morgan fingerprint density at radius 1 is 1.54 bits per heavy atom. The van der Waals surface area contributed by atoms with Crippen molar-refractivity contribution >= 4 is 12.3 Å². The van der Waals surface area contributed by atoms with Crippen LogP contribution in [0.3, 0.4) is 0 Å². The molecule has 7 heteroatoms. The molecule has 0 radical (unpaired) electrons. The molecule has 4 nitrogen and oxygen atoms in total. The quantitative estimate of drug-likeness (QED) is 0.586. The molecule has 0 saturated carbocycles. The minimum atomic E-state index is -4.95. The van der Waals surface area contributed by atoms with E-state index in [9.17, 15) is 18.0 Å². The Labute approximate surface area is 71.3 Å². The Bertz CT molecular complexity index is 259. The van der Waals surface area contributed by atoms with Crippen LogP contribution in [-0.2, 0) is 4.74 Å². The maximum Gasteiger partial charge on any atom is 0.576 e. The van der Waals surface area contributed by atoms with Crippen molar-refractivity contribution in [1.82, 2.24) is 4.90 Å². The zero-order valence-corrected chi connectivity index (χ0v) is 6.28. The number of allylic oxidation sites excluding steroid dienone is 1. The Hall–Kier alpha value is -1.53. The van der Waals surface area contributed by atoms with Gasteiger partial charge in [0.05, 0.1) is 0 Å². The average molecular weight is 194 g/mol. The second-order valence-corrected chi connectivity index (χ2v) is 2.10. The van der Waals surface area contributed by atoms with Crippen molar-refractivity contribution in [3.05, 3.63) is 12.3 Å². The normalized spacial score (nSPS) is 16.1. The lowest BCUT2D eigenvalue weighted by Gasteiger charge is -2.17. The highest BCUT2D eigenvalue weighted by Crippen LogP contribution is 2.18. The minimum absolute atomic E-state index is 0.161. The first-order valence-corrected chi connectivity index (χ1v) is 3.22. The third-order valence-electron chi connectivity index (χ3n) is 1.13. The zero-order chi connectivity index (χ0) is 9.90. The van der Waals surface area contributed by atoms with Crippen molar-refractivity contribution in [1.29, 1.82) is 0 Å². The van der Waals surface area contributed by atoms with Crippen molar-refractivity contribution in [2.75, 3.05) is 6.67 Å². The number of ether oxygens (including phenoxy) is 1. The standard InChI is InChI=1S/C6H5F3N2O2/c7-6(8,9)13-5(12)11-3-1-2-10-4-11/h1-3H,4H2. The number of amides is 1. The maximum atomic E-state index is 11.5. The van der Waals surface area contributed by atoms with Crippen molar-refractivity contribution in [3.8, 4) is 0 Å². The first-order valence-electron chi connectivity index (χ1n) is 3.22. The highest BCUT2D eigenvalue weighted by molar-refractivity contribution is 5.76. The van der Waals surface area contributed by atoms with Crippen LogP contribution in [0.2, 0.25) is 0 Å². The Kier molecular flexibility index (Phi) is 2.54. The number of hydrogen-bond donors (Lipinski definition) is 0. The minimum Gasteiger partial charge on any atom is -0.356 e. The highest BCUT2D eigenvalue weighted by Gasteiger charge is 2.35. The van der Waals surface area contributed by atoms with Gasteiger partial charge in [-0.1, -0.05) is 0 Å². The van der Waals surface area contributed by atoms with Crippen LogP contribution in [0.1, 0.15) is 0 Å². The van der Waals surface area contributed by atoms with E-state index in [2.05, 4.69) is 9.73 Å². The van der Waals surface area contributed by atoms with Crippen molar-refractivity contribution in [2.24, 2.45) is 4.99 Å². The van der Waals surface area contributed by atoms with E-state index in [0.29, 0.717) is 4.90 Å². The molecular weight excluding hydrogens is 189 g/mol. The van der Waals surface area contributed by atoms with Crippen LogP contribution in [0.15, 0.2) is 17.3 Å². The van der Waals surface area contributed by atoms with E-state index in [1.165, 1.54) is 12.3 Å². The van der Waals surface area contributed by atoms with E-state index in [1.54, 1.807) is 0 Å². The fourth-order valence-electron chi connectivity index (χ4n) is 0.662. The second-order valence-electron chi connectivity index (χ2n) is 2.10. The van der Waals surface area contributed by atoms with Gasteiger partial charge < -0.3 is 4.74 Å². The number of halogens is 3. The van der Waals surface area contributed by atoms with E-state index >= 15 is 0 Å². The lowest BCUT2D eigenvalue weighted by Crippen LogP contribution is -2.32. The van der Waals surface area contributed by atoms with E-state index in [4.69, 9.17) is 0 Å². The summed E-state index contributed by atoms with van der Waals surface area (Å²) in [5.41, 5.74) is 0. The van der Waals surface area contributed by atoms with Crippen molar-refractivity contribution < 1.29 is 22.7 Å². The monoisotopic (exact) mass is 194 g/mol. The summed E-state index contributed by atoms with van der Waals surface area (Å²) in [5, 5.41) is 0. The molecule has 1 amide bonds. The van der Waals surface area contributed by atoms with Gasteiger partial charge in [-0.15, -0.1) is 13.2 Å². The van der Waals surface area contributed by atoms with Crippen LogP contribution in [0.4, 0.5) is 18.0 Å². The summed E-state index contributed by atoms with van der Waals surface area (Å²) in [6.07, 6.45) is -2.58. The number of nitrogens with zero attached hydrogens (tertiary/aromatic N) is 2. The van der Waals surface area contributed by atoms with Gasteiger partial charge in [0.2, 0.25) is 0 Å². The summed E-state index contributed by atoms with van der Waals surface area (Å²) in [7, 11) is 0. The van der Waals surface area contributed by atoms with Crippen LogP contribution in [-0.4, -0.2) is 30.2 Å². The van der Waals surface area contributed by atoms with Gasteiger partial charge in [-0.05, 0) is 6.08 Å². The van der Waals surface area contributed by atoms with Crippen molar-refractivity contribution in [2.45, 2.75) is 6.36 Å². The Morgan fingerprint density at radius 3 is 2.69 bits per heavy atom. The average Bonchev–Trinajstić information content (AvgIpc) is 2.03. The SMILES string of the molecule is O=C(OC(F)(F)F)N1C=CC=NC1. The van der Waals surface area contributed by atoms with Gasteiger partial charge >= 0.3 is 12.5 Å². The molecule has 0 unspecified atom stereocenters. The molecule has 0 aromatic carbocycles. The number of carbonyl (C=O) groups excluding carboxylic acids is 1. The summed E-state index contributed by atoms with van der Waals surface area (Å²) >= 11 is 0. The van der Waals surface area contributed by atoms with Crippen LogP contribution >= 0.6 is 0 Å². The molecule has 1 aliphatic heterocycles. The number of hydrogen-bond acceptors (Lipinski definition) is 3. The molecule has 72 valence electrons. The van der Waals surface area contributed by atoms with Crippen molar-refractivity contribution in [3.63, 3.8) is 0 Å². The fraction of sp³-hybridized carbons (Fsp3) is 0.333. The summed E-state index contributed by atoms with van der Waals surface area (Å²) in [6, 6.07) is 0. The van der Waals surface area contributed by atoms with Gasteiger partial charge in [0.15, 0.2) is 0 Å². The topological polar surface area (TPSA) is 41.9 Å². The van der Waals surface area contributed by atoms with Crippen LogP contribution < -0.4 is 0 Å². The highest BCUT2D eigenvalue weighted by atomic mass is 19.4. The van der Waals surface area contributed by atoms with E-state index in [1.807, 2.05) is 0 Å². The van der Waals surface area contributed by atoms with Gasteiger partial charge in [-0.25, -0.2) is 4.79 Å². The molecule has 1 rings (SSSR count). The van der Waals surface area contributed by atoms with Gasteiger partial charge in [0.25, 0.3) is 0 Å². The van der Waals surface area contributed by atoms with E-state index in [-0.39, 0.29) is 6.67 Å². The summed E-state index contributed by atoms with van der Waals surface area (Å²) in [6.45, 7) is -0.161. The predicted octanol–water partition coefficient (Wildman–Crippen LogP) is 1.50. The molecule has 1 heterocycles. The molecule has 0 fully saturated rings. The molecule has 0 bridgehead atoms. The first-order chi connectivity index (χ1) is 5.99. The van der Waals surface area contributed by atoms with E-state index in [0.717, 1.165) is 6.20 Å². The van der Waals surface area contributed by atoms with Crippen LogP contribution in [0.25, 0.3) is 0 Å². The third kappa shape index (κ3) is 3.14. The molecule has 0 aromatic heterocycles. The van der Waals surface area contributed by atoms with Crippen LogP contribution in [0, 0.1) is 0 Å². The number of alkyl halides is 3. The Balaban J connectivity index is 2.49. The predicted molar refractivity (Wildman–Crippen MR) is 36.9 cm³/mol. The van der Waals surface area contributed by atoms with Crippen LogP contribution in [0.5, 0.6) is 0 Å². The van der Waals surface area contributed by atoms with Gasteiger partial charge in [0, 0.05) is 12.4 Å². The number of aliphatic imine (C=N–C) groups is 1. The zero-order valence-electron chi connectivity index (χ0n) is 6.28. The lowest BCUT2D eigenvalue weighted by molar-refractivity contribution is -0.293. The van der Waals surface area contributed by atoms with Gasteiger partial charge in [-0.3, -0.25) is 9.89 Å².